The van der Waals surface area contributed by atoms with Gasteiger partial charge in [-0.3, -0.25) is 0 Å². The lowest BCUT2D eigenvalue weighted by Gasteiger charge is -2.40. The highest BCUT2D eigenvalue weighted by Gasteiger charge is 2.33. The van der Waals surface area contributed by atoms with Gasteiger partial charge >= 0.3 is 0 Å². The van der Waals surface area contributed by atoms with Gasteiger partial charge in [0.2, 0.25) is 0 Å². The quantitative estimate of drug-likeness (QED) is 0.844. The van der Waals surface area contributed by atoms with E-state index < -0.39 is 0 Å². The summed E-state index contributed by atoms with van der Waals surface area (Å²) in [7, 11) is 0. The zero-order chi connectivity index (χ0) is 13.9. The van der Waals surface area contributed by atoms with E-state index in [2.05, 4.69) is 12.2 Å². The van der Waals surface area contributed by atoms with Crippen LogP contribution in [0.1, 0.15) is 63.4 Å². The van der Waals surface area contributed by atoms with Crippen LogP contribution in [0.3, 0.4) is 0 Å². The summed E-state index contributed by atoms with van der Waals surface area (Å²) in [5, 5.41) is 3.80. The molecular formula is C18H26FN. The Morgan fingerprint density at radius 3 is 2.40 bits per heavy atom. The molecule has 0 radical (unpaired) electrons. The van der Waals surface area contributed by atoms with Crippen LogP contribution < -0.4 is 5.32 Å². The van der Waals surface area contributed by atoms with E-state index in [1.807, 2.05) is 12.1 Å². The average Bonchev–Trinajstić information content (AvgIpc) is 2.44. The SMILES string of the molecule is CCC1CCC(NC2CC(c3ccccc3F)C2)CC1. The minimum Gasteiger partial charge on any atom is -0.311 e. The van der Waals surface area contributed by atoms with Crippen molar-refractivity contribution in [3.05, 3.63) is 35.6 Å². The number of nitrogens with one attached hydrogen (secondary N) is 1. The highest BCUT2D eigenvalue weighted by Crippen LogP contribution is 2.39. The Morgan fingerprint density at radius 2 is 1.75 bits per heavy atom. The van der Waals surface area contributed by atoms with Gasteiger partial charge in [0.05, 0.1) is 0 Å². The van der Waals surface area contributed by atoms with Gasteiger partial charge in [0.25, 0.3) is 0 Å². The molecule has 0 spiro atoms. The Bertz CT molecular complexity index is 431. The molecule has 0 aromatic heterocycles. The van der Waals surface area contributed by atoms with Gasteiger partial charge in [-0.25, -0.2) is 4.39 Å². The molecule has 2 heteroatoms. The molecule has 0 heterocycles. The predicted octanol–water partition coefficient (Wildman–Crippen LogP) is 4.63. The first kappa shape index (κ1) is 14.1. The summed E-state index contributed by atoms with van der Waals surface area (Å²) in [4.78, 5) is 0. The highest BCUT2D eigenvalue weighted by atomic mass is 19.1. The number of halogens is 1. The van der Waals surface area contributed by atoms with E-state index in [4.69, 9.17) is 0 Å². The summed E-state index contributed by atoms with van der Waals surface area (Å²) >= 11 is 0. The van der Waals surface area contributed by atoms with E-state index in [9.17, 15) is 4.39 Å². The van der Waals surface area contributed by atoms with E-state index >= 15 is 0 Å². The molecule has 3 rings (SSSR count). The predicted molar refractivity (Wildman–Crippen MR) is 81.3 cm³/mol. The molecule has 2 aliphatic rings. The Balaban J connectivity index is 1.44. The van der Waals surface area contributed by atoms with Crippen molar-refractivity contribution in [1.82, 2.24) is 5.32 Å². The zero-order valence-electron chi connectivity index (χ0n) is 12.4. The largest absolute Gasteiger partial charge is 0.311 e. The lowest BCUT2D eigenvalue weighted by atomic mass is 9.74. The lowest BCUT2D eigenvalue weighted by molar-refractivity contribution is 0.213. The van der Waals surface area contributed by atoms with Gasteiger partial charge in [-0.15, -0.1) is 0 Å². The van der Waals surface area contributed by atoms with Crippen molar-refractivity contribution in [3.8, 4) is 0 Å². The van der Waals surface area contributed by atoms with Crippen LogP contribution in [0.15, 0.2) is 24.3 Å². The fourth-order valence-corrected chi connectivity index (χ4v) is 3.88. The molecule has 1 aromatic rings. The van der Waals surface area contributed by atoms with E-state index in [0.29, 0.717) is 18.0 Å². The highest BCUT2D eigenvalue weighted by molar-refractivity contribution is 5.24. The van der Waals surface area contributed by atoms with Gasteiger partial charge in [-0.1, -0.05) is 31.5 Å². The third kappa shape index (κ3) is 3.06. The number of hydrogen-bond donors (Lipinski definition) is 1. The fraction of sp³-hybridized carbons (Fsp3) is 0.667. The smallest absolute Gasteiger partial charge is 0.126 e. The standard InChI is InChI=1S/C18H26FN/c1-2-13-7-9-15(10-8-13)20-16-11-14(12-16)17-5-3-4-6-18(17)19/h3-6,13-16,20H,2,7-12H2,1H3. The van der Waals surface area contributed by atoms with Crippen molar-refractivity contribution in [1.29, 1.82) is 0 Å². The van der Waals surface area contributed by atoms with Crippen molar-refractivity contribution in [3.63, 3.8) is 0 Å². The minimum absolute atomic E-state index is 0.0283. The van der Waals surface area contributed by atoms with Crippen LogP contribution in [0.25, 0.3) is 0 Å². The van der Waals surface area contributed by atoms with Gasteiger partial charge < -0.3 is 5.32 Å². The number of benzene rings is 1. The average molecular weight is 275 g/mol. The van der Waals surface area contributed by atoms with Crippen molar-refractivity contribution in [2.75, 3.05) is 0 Å². The third-order valence-electron chi connectivity index (χ3n) is 5.38. The Labute approximate surface area is 122 Å². The topological polar surface area (TPSA) is 12.0 Å². The van der Waals surface area contributed by atoms with Crippen molar-refractivity contribution in [2.45, 2.75) is 69.9 Å². The molecule has 0 aliphatic heterocycles. The molecule has 0 unspecified atom stereocenters. The zero-order valence-corrected chi connectivity index (χ0v) is 12.4. The normalized spacial score (nSPS) is 33.7. The van der Waals surface area contributed by atoms with Crippen molar-refractivity contribution < 1.29 is 4.39 Å². The van der Waals surface area contributed by atoms with Crippen molar-refractivity contribution in [2.24, 2.45) is 5.92 Å². The van der Waals surface area contributed by atoms with Gasteiger partial charge in [-0.05, 0) is 62.0 Å². The van der Waals surface area contributed by atoms with Gasteiger partial charge in [0.15, 0.2) is 0 Å². The van der Waals surface area contributed by atoms with E-state index in [0.717, 1.165) is 24.3 Å². The van der Waals surface area contributed by atoms with E-state index in [1.54, 1.807) is 12.1 Å². The van der Waals surface area contributed by atoms with Gasteiger partial charge in [0.1, 0.15) is 5.82 Å². The molecule has 20 heavy (non-hydrogen) atoms. The molecule has 0 amide bonds. The maximum Gasteiger partial charge on any atom is 0.126 e. The molecular weight excluding hydrogens is 249 g/mol. The summed E-state index contributed by atoms with van der Waals surface area (Å²) in [6.45, 7) is 2.31. The number of rotatable bonds is 4. The van der Waals surface area contributed by atoms with Crippen LogP contribution in [0.2, 0.25) is 0 Å². The van der Waals surface area contributed by atoms with E-state index in [-0.39, 0.29) is 5.82 Å². The summed E-state index contributed by atoms with van der Waals surface area (Å²) in [5.41, 5.74) is 0.917. The summed E-state index contributed by atoms with van der Waals surface area (Å²) in [5.74, 6) is 1.36. The molecule has 2 aliphatic carbocycles. The summed E-state index contributed by atoms with van der Waals surface area (Å²) in [6.07, 6.45) is 8.99. The van der Waals surface area contributed by atoms with Gasteiger partial charge in [-0.2, -0.15) is 0 Å². The number of hydrogen-bond acceptors (Lipinski definition) is 1. The maximum atomic E-state index is 13.7. The summed E-state index contributed by atoms with van der Waals surface area (Å²) in [6, 6.07) is 8.59. The Hall–Kier alpha value is -0.890. The molecule has 2 saturated carbocycles. The molecule has 1 nitrogen and oxygen atoms in total. The molecule has 2 fully saturated rings. The fourth-order valence-electron chi connectivity index (χ4n) is 3.88. The van der Waals surface area contributed by atoms with Crippen LogP contribution in [-0.4, -0.2) is 12.1 Å². The van der Waals surface area contributed by atoms with Crippen LogP contribution in [0.4, 0.5) is 4.39 Å². The van der Waals surface area contributed by atoms with Crippen LogP contribution in [-0.2, 0) is 0 Å². The van der Waals surface area contributed by atoms with Crippen molar-refractivity contribution >= 4 is 0 Å². The second-order valence-corrected chi connectivity index (χ2v) is 6.68. The molecule has 0 bridgehead atoms. The Morgan fingerprint density at radius 1 is 1.05 bits per heavy atom. The molecule has 1 N–H and O–H groups in total. The summed E-state index contributed by atoms with van der Waals surface area (Å²) < 4.78 is 13.7. The Kier molecular flexibility index (Phi) is 4.40. The first-order chi connectivity index (χ1) is 9.76. The lowest BCUT2D eigenvalue weighted by Crippen LogP contribution is -2.46. The van der Waals surface area contributed by atoms with Crippen LogP contribution in [0.5, 0.6) is 0 Å². The first-order valence-electron chi connectivity index (χ1n) is 8.26. The van der Waals surface area contributed by atoms with Crippen LogP contribution in [0, 0.1) is 11.7 Å². The molecule has 0 atom stereocenters. The molecule has 110 valence electrons. The minimum atomic E-state index is -0.0283. The molecule has 1 aromatic carbocycles. The third-order valence-corrected chi connectivity index (χ3v) is 5.38. The molecule has 0 saturated heterocycles. The van der Waals surface area contributed by atoms with E-state index in [1.165, 1.54) is 32.1 Å². The van der Waals surface area contributed by atoms with Crippen LogP contribution >= 0.6 is 0 Å². The second kappa shape index (κ2) is 6.26. The van der Waals surface area contributed by atoms with Gasteiger partial charge in [0, 0.05) is 12.1 Å². The first-order valence-corrected chi connectivity index (χ1v) is 8.26. The second-order valence-electron chi connectivity index (χ2n) is 6.68. The monoisotopic (exact) mass is 275 g/mol. The maximum absolute atomic E-state index is 13.7.